The lowest BCUT2D eigenvalue weighted by atomic mass is 9.99. The van der Waals surface area contributed by atoms with Crippen molar-refractivity contribution in [2.24, 2.45) is 13.0 Å². The van der Waals surface area contributed by atoms with E-state index in [1.807, 2.05) is 32.2 Å². The molecule has 7 heteroatoms. The molecule has 1 aliphatic rings. The number of sulfonamides is 1. The molecule has 1 unspecified atom stereocenters. The van der Waals surface area contributed by atoms with E-state index in [-0.39, 0.29) is 17.0 Å². The Kier molecular flexibility index (Phi) is 3.41. The summed E-state index contributed by atoms with van der Waals surface area (Å²) >= 11 is 0. The zero-order valence-electron chi connectivity index (χ0n) is 12.5. The predicted molar refractivity (Wildman–Crippen MR) is 79.1 cm³/mol. The maximum atomic E-state index is 12.9. The van der Waals surface area contributed by atoms with Crippen LogP contribution in [0.5, 0.6) is 0 Å². The Bertz CT molecular complexity index is 745. The molecule has 1 aliphatic heterocycles. The number of fused-ring (bicyclic) bond motifs is 1. The van der Waals surface area contributed by atoms with Gasteiger partial charge in [0.15, 0.2) is 5.03 Å². The highest BCUT2D eigenvalue weighted by Crippen LogP contribution is 2.35. The van der Waals surface area contributed by atoms with Gasteiger partial charge in [-0.25, -0.2) is 13.4 Å². The molecule has 2 aromatic heterocycles. The van der Waals surface area contributed by atoms with Crippen LogP contribution in [0.2, 0.25) is 0 Å². The molecule has 0 spiro atoms. The Morgan fingerprint density at radius 2 is 2.10 bits per heavy atom. The molecule has 0 saturated carbocycles. The first-order chi connectivity index (χ1) is 9.91. The minimum Gasteiger partial charge on any atom is -0.349 e. The lowest BCUT2D eigenvalue weighted by Gasteiger charge is -2.37. The Balaban J connectivity index is 2.06. The SMILES string of the molecule is CC(C)C1c2cccn2CCN1S(=O)(=O)c1cn(C)cn1. The summed E-state index contributed by atoms with van der Waals surface area (Å²) in [5, 5.41) is 0.121. The third-order valence-electron chi connectivity index (χ3n) is 3.92. The molecule has 0 amide bonds. The van der Waals surface area contributed by atoms with Gasteiger partial charge in [0.25, 0.3) is 10.0 Å². The molecule has 1 atom stereocenters. The number of hydrogen-bond donors (Lipinski definition) is 0. The molecule has 21 heavy (non-hydrogen) atoms. The van der Waals surface area contributed by atoms with Gasteiger partial charge in [0.2, 0.25) is 0 Å². The van der Waals surface area contributed by atoms with E-state index in [4.69, 9.17) is 0 Å². The van der Waals surface area contributed by atoms with E-state index < -0.39 is 10.0 Å². The molecule has 3 heterocycles. The summed E-state index contributed by atoms with van der Waals surface area (Å²) in [6, 6.07) is 3.83. The van der Waals surface area contributed by atoms with E-state index in [9.17, 15) is 8.42 Å². The van der Waals surface area contributed by atoms with Crippen molar-refractivity contribution in [3.8, 4) is 0 Å². The van der Waals surface area contributed by atoms with Crippen molar-refractivity contribution in [3.05, 3.63) is 36.5 Å². The number of nitrogens with zero attached hydrogens (tertiary/aromatic N) is 4. The van der Waals surface area contributed by atoms with Crippen LogP contribution >= 0.6 is 0 Å². The first kappa shape index (κ1) is 14.3. The lowest BCUT2D eigenvalue weighted by Crippen LogP contribution is -2.43. The minimum absolute atomic E-state index is 0.121. The second-order valence-electron chi connectivity index (χ2n) is 5.81. The van der Waals surface area contributed by atoms with Crippen LogP contribution in [0.4, 0.5) is 0 Å². The molecule has 0 saturated heterocycles. The lowest BCUT2D eigenvalue weighted by molar-refractivity contribution is 0.214. The highest BCUT2D eigenvalue weighted by molar-refractivity contribution is 7.89. The van der Waals surface area contributed by atoms with Crippen molar-refractivity contribution in [1.82, 2.24) is 18.4 Å². The molecule has 6 nitrogen and oxygen atoms in total. The third-order valence-corrected chi connectivity index (χ3v) is 5.69. The number of aryl methyl sites for hydroxylation is 1. The van der Waals surface area contributed by atoms with Gasteiger partial charge < -0.3 is 9.13 Å². The highest BCUT2D eigenvalue weighted by Gasteiger charge is 2.39. The molecule has 2 aromatic rings. The quantitative estimate of drug-likeness (QED) is 0.866. The first-order valence-electron chi connectivity index (χ1n) is 7.06. The number of rotatable bonds is 3. The molecule has 0 fully saturated rings. The second-order valence-corrected chi connectivity index (χ2v) is 7.65. The average molecular weight is 308 g/mol. The molecule has 0 bridgehead atoms. The van der Waals surface area contributed by atoms with Crippen molar-refractivity contribution >= 4 is 10.0 Å². The van der Waals surface area contributed by atoms with Crippen LogP contribution in [-0.4, -0.2) is 33.4 Å². The molecular formula is C14H20N4O2S. The largest absolute Gasteiger partial charge is 0.349 e. The summed E-state index contributed by atoms with van der Waals surface area (Å²) in [7, 11) is -1.80. The third kappa shape index (κ3) is 2.30. The van der Waals surface area contributed by atoms with Gasteiger partial charge in [0, 0.05) is 38.2 Å². The van der Waals surface area contributed by atoms with Gasteiger partial charge in [0.1, 0.15) is 0 Å². The highest BCUT2D eigenvalue weighted by atomic mass is 32.2. The maximum absolute atomic E-state index is 12.9. The number of hydrogen-bond acceptors (Lipinski definition) is 3. The monoisotopic (exact) mass is 308 g/mol. The van der Waals surface area contributed by atoms with Crippen LogP contribution in [-0.2, 0) is 23.6 Å². The van der Waals surface area contributed by atoms with Gasteiger partial charge in [0.05, 0.1) is 12.4 Å². The fourth-order valence-corrected chi connectivity index (χ4v) is 4.67. The summed E-state index contributed by atoms with van der Waals surface area (Å²) in [5.41, 5.74) is 1.05. The molecule has 114 valence electrons. The van der Waals surface area contributed by atoms with Crippen LogP contribution in [0.3, 0.4) is 0 Å². The Hall–Kier alpha value is -1.60. The molecular weight excluding hydrogens is 288 g/mol. The Labute approximate surface area is 125 Å². The van der Waals surface area contributed by atoms with E-state index in [0.29, 0.717) is 13.1 Å². The van der Waals surface area contributed by atoms with Crippen molar-refractivity contribution in [2.75, 3.05) is 6.54 Å². The smallest absolute Gasteiger partial charge is 0.262 e. The normalized spacial score (nSPS) is 19.9. The Morgan fingerprint density at radius 3 is 2.71 bits per heavy atom. The fraction of sp³-hybridized carbons (Fsp3) is 0.500. The summed E-state index contributed by atoms with van der Waals surface area (Å²) in [5.74, 6) is 0.192. The van der Waals surface area contributed by atoms with Crippen molar-refractivity contribution in [1.29, 1.82) is 0 Å². The predicted octanol–water partition coefficient (Wildman–Crippen LogP) is 1.62. The topological polar surface area (TPSA) is 60.1 Å². The van der Waals surface area contributed by atoms with Gasteiger partial charge in [-0.15, -0.1) is 0 Å². The van der Waals surface area contributed by atoms with Gasteiger partial charge in [-0.05, 0) is 18.1 Å². The molecule has 0 aliphatic carbocycles. The van der Waals surface area contributed by atoms with E-state index in [2.05, 4.69) is 9.55 Å². The number of aromatic nitrogens is 3. The zero-order valence-corrected chi connectivity index (χ0v) is 13.3. The van der Waals surface area contributed by atoms with Crippen LogP contribution in [0.25, 0.3) is 0 Å². The van der Waals surface area contributed by atoms with E-state index in [1.54, 1.807) is 22.1 Å². The zero-order chi connectivity index (χ0) is 15.2. The van der Waals surface area contributed by atoms with Gasteiger partial charge in [-0.3, -0.25) is 0 Å². The van der Waals surface area contributed by atoms with Crippen LogP contribution in [0, 0.1) is 5.92 Å². The van der Waals surface area contributed by atoms with Crippen molar-refractivity contribution in [3.63, 3.8) is 0 Å². The van der Waals surface area contributed by atoms with E-state index >= 15 is 0 Å². The first-order valence-corrected chi connectivity index (χ1v) is 8.50. The fourth-order valence-electron chi connectivity index (χ4n) is 2.98. The summed E-state index contributed by atoms with van der Waals surface area (Å²) in [6.45, 7) is 5.25. The molecule has 0 aromatic carbocycles. The summed E-state index contributed by atoms with van der Waals surface area (Å²) < 4.78 is 31.2. The van der Waals surface area contributed by atoms with Gasteiger partial charge in [-0.1, -0.05) is 13.8 Å². The van der Waals surface area contributed by atoms with Gasteiger partial charge >= 0.3 is 0 Å². The number of imidazole rings is 1. The minimum atomic E-state index is -3.57. The summed E-state index contributed by atoms with van der Waals surface area (Å²) in [4.78, 5) is 4.03. The summed E-state index contributed by atoms with van der Waals surface area (Å²) in [6.07, 6.45) is 5.08. The van der Waals surface area contributed by atoms with Crippen molar-refractivity contribution in [2.45, 2.75) is 31.5 Å². The molecule has 0 radical (unpaired) electrons. The van der Waals surface area contributed by atoms with Crippen LogP contribution in [0.15, 0.2) is 35.9 Å². The van der Waals surface area contributed by atoms with E-state index in [1.165, 1.54) is 6.33 Å². The van der Waals surface area contributed by atoms with Crippen LogP contribution < -0.4 is 0 Å². The maximum Gasteiger partial charge on any atom is 0.262 e. The average Bonchev–Trinajstić information content (AvgIpc) is 3.05. The Morgan fingerprint density at radius 1 is 1.33 bits per heavy atom. The molecule has 0 N–H and O–H groups in total. The van der Waals surface area contributed by atoms with E-state index in [0.717, 1.165) is 5.69 Å². The standard InChI is InChI=1S/C14H20N4O2S/c1-11(2)14-12-5-4-6-17(12)7-8-18(14)21(19,20)13-9-16(3)10-15-13/h4-6,9-11,14H,7-8H2,1-3H3. The van der Waals surface area contributed by atoms with Crippen LogP contribution in [0.1, 0.15) is 25.6 Å². The van der Waals surface area contributed by atoms with Gasteiger partial charge in [-0.2, -0.15) is 4.31 Å². The van der Waals surface area contributed by atoms with Crippen molar-refractivity contribution < 1.29 is 8.42 Å². The molecule has 3 rings (SSSR count). The second kappa shape index (κ2) is 4.99.